The summed E-state index contributed by atoms with van der Waals surface area (Å²) in [5.41, 5.74) is 5.97. The van der Waals surface area contributed by atoms with E-state index in [1.54, 1.807) is 0 Å². The van der Waals surface area contributed by atoms with Crippen LogP contribution in [0.15, 0.2) is 23.1 Å². The van der Waals surface area contributed by atoms with Crippen molar-refractivity contribution in [3.05, 3.63) is 28.3 Å². The predicted octanol–water partition coefficient (Wildman–Crippen LogP) is 1.68. The highest BCUT2D eigenvalue weighted by atomic mass is 32.2. The summed E-state index contributed by atoms with van der Waals surface area (Å²) in [5.74, 6) is 0. The number of hydrogen-bond acceptors (Lipinski definition) is 6. The average molecular weight is 313 g/mol. The lowest BCUT2D eigenvalue weighted by molar-refractivity contribution is -0.384. The van der Waals surface area contributed by atoms with E-state index in [0.29, 0.717) is 5.69 Å². The maximum Gasteiger partial charge on any atom is 0.293 e. The molecule has 0 amide bonds. The van der Waals surface area contributed by atoms with Gasteiger partial charge in [0.15, 0.2) is 9.84 Å². The van der Waals surface area contributed by atoms with Crippen LogP contribution in [0.1, 0.15) is 25.7 Å². The summed E-state index contributed by atoms with van der Waals surface area (Å²) in [4.78, 5) is 10.5. The molecule has 2 rings (SSSR count). The third-order valence-corrected chi connectivity index (χ3v) is 4.84. The predicted molar refractivity (Wildman–Crippen MR) is 80.1 cm³/mol. The van der Waals surface area contributed by atoms with Crippen molar-refractivity contribution in [1.29, 1.82) is 0 Å². The van der Waals surface area contributed by atoms with Crippen molar-refractivity contribution in [2.75, 3.05) is 11.6 Å². The van der Waals surface area contributed by atoms with Crippen molar-refractivity contribution in [1.82, 2.24) is 0 Å². The second kappa shape index (κ2) is 5.98. The van der Waals surface area contributed by atoms with Crippen LogP contribution in [-0.4, -0.2) is 31.7 Å². The number of sulfone groups is 1. The summed E-state index contributed by atoms with van der Waals surface area (Å²) in [6, 6.07) is 4.28. The molecule has 0 spiro atoms. The molecule has 0 aromatic heterocycles. The zero-order valence-electron chi connectivity index (χ0n) is 11.8. The lowest BCUT2D eigenvalue weighted by atomic mass is 9.91. The number of nitro groups is 1. The largest absolute Gasteiger partial charge is 0.377 e. The highest BCUT2D eigenvalue weighted by Gasteiger charge is 2.23. The molecule has 0 aliphatic heterocycles. The lowest BCUT2D eigenvalue weighted by Gasteiger charge is -2.27. The Hall–Kier alpha value is -1.67. The van der Waals surface area contributed by atoms with Gasteiger partial charge in [-0.1, -0.05) is 0 Å². The molecule has 21 heavy (non-hydrogen) atoms. The number of nitrogens with two attached hydrogens (primary N) is 1. The summed E-state index contributed by atoms with van der Waals surface area (Å²) in [6.07, 6.45) is 4.50. The van der Waals surface area contributed by atoms with Gasteiger partial charge in [0.05, 0.1) is 9.82 Å². The Kier molecular flexibility index (Phi) is 4.48. The molecule has 1 saturated carbocycles. The fourth-order valence-electron chi connectivity index (χ4n) is 2.50. The van der Waals surface area contributed by atoms with Gasteiger partial charge in [-0.3, -0.25) is 10.1 Å². The number of nitrogens with zero attached hydrogens (tertiary/aromatic N) is 1. The first-order chi connectivity index (χ1) is 9.77. The van der Waals surface area contributed by atoms with E-state index >= 15 is 0 Å². The second-order valence-electron chi connectivity index (χ2n) is 5.46. The first kappa shape index (κ1) is 15.7. The maximum atomic E-state index is 11.5. The third kappa shape index (κ3) is 3.92. The summed E-state index contributed by atoms with van der Waals surface area (Å²) < 4.78 is 23.0. The van der Waals surface area contributed by atoms with E-state index in [-0.39, 0.29) is 22.7 Å². The second-order valence-corrected chi connectivity index (χ2v) is 7.48. The number of hydrogen-bond donors (Lipinski definition) is 2. The SMILES string of the molecule is CS(=O)(=O)c1ccc(NC2CCC(N)CC2)c([N+](=O)[O-])c1. The molecule has 3 N–H and O–H groups in total. The number of benzene rings is 1. The first-order valence-corrected chi connectivity index (χ1v) is 8.67. The number of nitro benzene ring substituents is 1. The molecular weight excluding hydrogens is 294 g/mol. The van der Waals surface area contributed by atoms with Crippen LogP contribution in [0.3, 0.4) is 0 Å². The lowest BCUT2D eigenvalue weighted by Crippen LogP contribution is -2.32. The number of nitrogens with one attached hydrogen (secondary N) is 1. The molecule has 0 heterocycles. The van der Waals surface area contributed by atoms with Crippen LogP contribution in [0.5, 0.6) is 0 Å². The Labute approximate surface area is 123 Å². The number of anilines is 1. The Morgan fingerprint density at radius 1 is 1.29 bits per heavy atom. The molecule has 7 nitrogen and oxygen atoms in total. The van der Waals surface area contributed by atoms with E-state index < -0.39 is 14.8 Å². The fraction of sp³-hybridized carbons (Fsp3) is 0.538. The van der Waals surface area contributed by atoms with Crippen LogP contribution in [-0.2, 0) is 9.84 Å². The van der Waals surface area contributed by atoms with Crippen molar-refractivity contribution < 1.29 is 13.3 Å². The summed E-state index contributed by atoms with van der Waals surface area (Å²) >= 11 is 0. The van der Waals surface area contributed by atoms with E-state index in [0.717, 1.165) is 38.0 Å². The Morgan fingerprint density at radius 2 is 1.90 bits per heavy atom. The first-order valence-electron chi connectivity index (χ1n) is 6.78. The Balaban J connectivity index is 2.25. The molecule has 1 aromatic rings. The van der Waals surface area contributed by atoms with Crippen LogP contribution >= 0.6 is 0 Å². The molecule has 1 aromatic carbocycles. The van der Waals surface area contributed by atoms with Gasteiger partial charge in [0.1, 0.15) is 5.69 Å². The van der Waals surface area contributed by atoms with Crippen LogP contribution in [0.25, 0.3) is 0 Å². The quantitative estimate of drug-likeness (QED) is 0.645. The summed E-state index contributed by atoms with van der Waals surface area (Å²) in [6.45, 7) is 0. The zero-order valence-corrected chi connectivity index (χ0v) is 12.6. The van der Waals surface area contributed by atoms with E-state index in [1.807, 2.05) is 0 Å². The van der Waals surface area contributed by atoms with E-state index in [2.05, 4.69) is 5.32 Å². The average Bonchev–Trinajstić information content (AvgIpc) is 2.40. The molecule has 1 aliphatic carbocycles. The van der Waals surface area contributed by atoms with Crippen molar-refractivity contribution in [2.45, 2.75) is 42.7 Å². The van der Waals surface area contributed by atoms with Gasteiger partial charge in [0.2, 0.25) is 0 Å². The maximum absolute atomic E-state index is 11.5. The zero-order chi connectivity index (χ0) is 15.6. The van der Waals surface area contributed by atoms with Gasteiger partial charge in [-0.15, -0.1) is 0 Å². The van der Waals surface area contributed by atoms with Crippen LogP contribution < -0.4 is 11.1 Å². The Morgan fingerprint density at radius 3 is 2.43 bits per heavy atom. The number of rotatable bonds is 4. The monoisotopic (exact) mass is 313 g/mol. The molecule has 8 heteroatoms. The van der Waals surface area contributed by atoms with Gasteiger partial charge >= 0.3 is 0 Å². The van der Waals surface area contributed by atoms with Gasteiger partial charge in [-0.2, -0.15) is 0 Å². The van der Waals surface area contributed by atoms with Gasteiger partial charge in [0.25, 0.3) is 5.69 Å². The van der Waals surface area contributed by atoms with Gasteiger partial charge in [-0.25, -0.2) is 8.42 Å². The summed E-state index contributed by atoms with van der Waals surface area (Å²) in [5, 5.41) is 14.3. The van der Waals surface area contributed by atoms with Gasteiger partial charge < -0.3 is 11.1 Å². The molecule has 116 valence electrons. The van der Waals surface area contributed by atoms with Gasteiger partial charge in [0, 0.05) is 24.4 Å². The van der Waals surface area contributed by atoms with Crippen molar-refractivity contribution in [2.24, 2.45) is 5.73 Å². The highest BCUT2D eigenvalue weighted by Crippen LogP contribution is 2.30. The molecule has 0 bridgehead atoms. The van der Waals surface area contributed by atoms with Crippen molar-refractivity contribution in [3.63, 3.8) is 0 Å². The van der Waals surface area contributed by atoms with Crippen LogP contribution in [0.2, 0.25) is 0 Å². The standard InChI is InChI=1S/C13H19N3O4S/c1-21(19,20)11-6-7-12(13(8-11)16(17)18)15-10-4-2-9(14)3-5-10/h6-10,15H,2-5,14H2,1H3. The normalized spacial score (nSPS) is 22.8. The molecule has 0 radical (unpaired) electrons. The molecule has 1 aliphatic rings. The fourth-order valence-corrected chi connectivity index (χ4v) is 3.14. The minimum absolute atomic E-state index is 0.0505. The molecular formula is C13H19N3O4S. The third-order valence-electron chi connectivity index (χ3n) is 3.73. The van der Waals surface area contributed by atoms with Gasteiger partial charge in [-0.05, 0) is 37.8 Å². The molecule has 0 atom stereocenters. The van der Waals surface area contributed by atoms with E-state index in [9.17, 15) is 18.5 Å². The van der Waals surface area contributed by atoms with Crippen molar-refractivity contribution >= 4 is 21.2 Å². The van der Waals surface area contributed by atoms with Crippen LogP contribution in [0, 0.1) is 10.1 Å². The van der Waals surface area contributed by atoms with Crippen LogP contribution in [0.4, 0.5) is 11.4 Å². The highest BCUT2D eigenvalue weighted by molar-refractivity contribution is 7.90. The Bertz CT molecular complexity index is 637. The van der Waals surface area contributed by atoms with Crippen molar-refractivity contribution in [3.8, 4) is 0 Å². The van der Waals surface area contributed by atoms with E-state index in [1.165, 1.54) is 12.1 Å². The smallest absolute Gasteiger partial charge is 0.293 e. The topological polar surface area (TPSA) is 115 Å². The summed E-state index contributed by atoms with van der Waals surface area (Å²) in [7, 11) is -3.46. The molecule has 1 fully saturated rings. The molecule has 0 saturated heterocycles. The minimum atomic E-state index is -3.46. The van der Waals surface area contributed by atoms with E-state index in [4.69, 9.17) is 5.73 Å². The minimum Gasteiger partial charge on any atom is -0.377 e. The molecule has 0 unspecified atom stereocenters.